The maximum absolute atomic E-state index is 11.9. The summed E-state index contributed by atoms with van der Waals surface area (Å²) in [6.45, 7) is 0.153. The summed E-state index contributed by atoms with van der Waals surface area (Å²) < 4.78 is 45.4. The fourth-order valence-electron chi connectivity index (χ4n) is 1.44. The number of hydrogen-bond donors (Lipinski definition) is 1. The molecule has 0 aliphatic rings. The number of benzene rings is 1. The summed E-state index contributed by atoms with van der Waals surface area (Å²) >= 11 is 0. The number of carbonyl (C=O) groups excluding carboxylic acids is 2. The van der Waals surface area contributed by atoms with Gasteiger partial charge in [0.2, 0.25) is 0 Å². The Hall–Kier alpha value is -2.51. The largest absolute Gasteiger partial charge is 0.494 e. The van der Waals surface area contributed by atoms with Gasteiger partial charge in [0.15, 0.2) is 6.61 Å². The molecular formula is C15H16F3NO4. The van der Waals surface area contributed by atoms with E-state index in [1.54, 1.807) is 29.6 Å². The van der Waals surface area contributed by atoms with Crippen LogP contribution in [0.3, 0.4) is 0 Å². The van der Waals surface area contributed by atoms with Crippen molar-refractivity contribution in [1.82, 2.24) is 5.32 Å². The van der Waals surface area contributed by atoms with E-state index in [4.69, 9.17) is 4.74 Å². The molecular weight excluding hydrogens is 315 g/mol. The fourth-order valence-corrected chi connectivity index (χ4v) is 1.44. The normalized spacial score (nSPS) is 11.3. The highest BCUT2D eigenvalue weighted by atomic mass is 19.4. The molecule has 0 saturated carbocycles. The van der Waals surface area contributed by atoms with E-state index in [0.29, 0.717) is 17.9 Å². The van der Waals surface area contributed by atoms with Crippen LogP contribution in [0, 0.1) is 0 Å². The maximum Gasteiger partial charge on any atom is 0.405 e. The molecule has 0 radical (unpaired) electrons. The molecule has 1 aromatic rings. The lowest BCUT2D eigenvalue weighted by molar-refractivity contribution is -0.148. The molecule has 0 bridgehead atoms. The van der Waals surface area contributed by atoms with Gasteiger partial charge in [-0.2, -0.15) is 13.2 Å². The van der Waals surface area contributed by atoms with Crippen LogP contribution in [0.5, 0.6) is 5.75 Å². The quantitative estimate of drug-likeness (QED) is 0.615. The molecule has 0 aromatic heterocycles. The Kier molecular flexibility index (Phi) is 7.11. The van der Waals surface area contributed by atoms with Crippen LogP contribution >= 0.6 is 0 Å². The molecule has 126 valence electrons. The molecule has 1 aromatic carbocycles. The summed E-state index contributed by atoms with van der Waals surface area (Å²) in [6.07, 6.45) is -1.98. The summed E-state index contributed by atoms with van der Waals surface area (Å²) in [5.74, 6) is -1.17. The maximum atomic E-state index is 11.9. The second kappa shape index (κ2) is 8.82. The number of carbonyl (C=O) groups is 2. The van der Waals surface area contributed by atoms with Crippen LogP contribution in [-0.2, 0) is 14.3 Å². The van der Waals surface area contributed by atoms with Crippen molar-refractivity contribution < 1.29 is 32.2 Å². The lowest BCUT2D eigenvalue weighted by Gasteiger charge is -2.07. The molecule has 1 rings (SSSR count). The van der Waals surface area contributed by atoms with Crippen molar-refractivity contribution in [2.75, 3.05) is 19.8 Å². The molecule has 0 aliphatic carbocycles. The number of rotatable bonds is 7. The first-order chi connectivity index (χ1) is 10.8. The number of amides is 1. The van der Waals surface area contributed by atoms with Crippen LogP contribution in [-0.4, -0.2) is 37.8 Å². The zero-order valence-electron chi connectivity index (χ0n) is 12.4. The minimum Gasteiger partial charge on any atom is -0.494 e. The van der Waals surface area contributed by atoms with Crippen molar-refractivity contribution in [3.8, 4) is 5.75 Å². The van der Waals surface area contributed by atoms with Gasteiger partial charge in [-0.3, -0.25) is 4.79 Å². The third kappa shape index (κ3) is 8.50. The molecule has 0 heterocycles. The van der Waals surface area contributed by atoms with Gasteiger partial charge in [-0.25, -0.2) is 4.79 Å². The van der Waals surface area contributed by atoms with Crippen LogP contribution in [0.15, 0.2) is 30.3 Å². The molecule has 8 heteroatoms. The number of halogens is 3. The first-order valence-corrected chi connectivity index (χ1v) is 6.71. The predicted octanol–water partition coefficient (Wildman–Crippen LogP) is 2.32. The molecule has 0 aliphatic heterocycles. The van der Waals surface area contributed by atoms with E-state index in [1.165, 1.54) is 6.08 Å². The highest BCUT2D eigenvalue weighted by Crippen LogP contribution is 2.13. The van der Waals surface area contributed by atoms with E-state index in [1.807, 2.05) is 6.92 Å². The van der Waals surface area contributed by atoms with Gasteiger partial charge >= 0.3 is 12.1 Å². The van der Waals surface area contributed by atoms with Crippen molar-refractivity contribution >= 4 is 18.0 Å². The monoisotopic (exact) mass is 331 g/mol. The zero-order chi connectivity index (χ0) is 17.3. The lowest BCUT2D eigenvalue weighted by atomic mass is 10.2. The van der Waals surface area contributed by atoms with Gasteiger partial charge in [-0.05, 0) is 30.7 Å². The first kappa shape index (κ1) is 18.5. The Bertz CT molecular complexity index is 553. The van der Waals surface area contributed by atoms with E-state index in [0.717, 1.165) is 6.08 Å². The van der Waals surface area contributed by atoms with Gasteiger partial charge in [-0.1, -0.05) is 12.1 Å². The predicted molar refractivity (Wildman–Crippen MR) is 76.7 cm³/mol. The second-order valence-corrected chi connectivity index (χ2v) is 4.33. The third-order valence-corrected chi connectivity index (χ3v) is 2.43. The first-order valence-electron chi connectivity index (χ1n) is 6.71. The van der Waals surface area contributed by atoms with Gasteiger partial charge in [-0.15, -0.1) is 0 Å². The van der Waals surface area contributed by atoms with Gasteiger partial charge in [0.1, 0.15) is 12.3 Å². The lowest BCUT2D eigenvalue weighted by Crippen LogP contribution is -2.36. The highest BCUT2D eigenvalue weighted by Gasteiger charge is 2.27. The van der Waals surface area contributed by atoms with Crippen molar-refractivity contribution in [3.63, 3.8) is 0 Å². The minimum atomic E-state index is -4.51. The Balaban J connectivity index is 2.36. The van der Waals surface area contributed by atoms with E-state index < -0.39 is 31.2 Å². The molecule has 0 fully saturated rings. The molecule has 0 atom stereocenters. The Labute approximate surface area is 131 Å². The average Bonchev–Trinajstić information content (AvgIpc) is 2.50. The van der Waals surface area contributed by atoms with E-state index in [2.05, 4.69) is 4.74 Å². The summed E-state index contributed by atoms with van der Waals surface area (Å²) in [5, 5.41) is 1.59. The van der Waals surface area contributed by atoms with Crippen molar-refractivity contribution in [3.05, 3.63) is 35.9 Å². The van der Waals surface area contributed by atoms with Crippen LogP contribution in [0.4, 0.5) is 13.2 Å². The smallest absolute Gasteiger partial charge is 0.405 e. The molecule has 1 amide bonds. The number of alkyl halides is 3. The van der Waals surface area contributed by atoms with Crippen LogP contribution in [0.1, 0.15) is 12.5 Å². The van der Waals surface area contributed by atoms with Gasteiger partial charge in [0.05, 0.1) is 6.61 Å². The average molecular weight is 331 g/mol. The van der Waals surface area contributed by atoms with E-state index in [-0.39, 0.29) is 0 Å². The summed E-state index contributed by atoms with van der Waals surface area (Å²) in [5.41, 5.74) is 0.701. The third-order valence-electron chi connectivity index (χ3n) is 2.43. The van der Waals surface area contributed by atoms with Crippen LogP contribution in [0.2, 0.25) is 0 Å². The topological polar surface area (TPSA) is 64.6 Å². The minimum absolute atomic E-state index is 0.540. The molecule has 23 heavy (non-hydrogen) atoms. The van der Waals surface area contributed by atoms with Crippen LogP contribution in [0.25, 0.3) is 6.08 Å². The van der Waals surface area contributed by atoms with Crippen LogP contribution < -0.4 is 10.1 Å². The van der Waals surface area contributed by atoms with Crippen molar-refractivity contribution in [2.45, 2.75) is 13.1 Å². The molecule has 0 spiro atoms. The summed E-state index contributed by atoms with van der Waals surface area (Å²) in [7, 11) is 0. The standard InChI is InChI=1S/C15H16F3NO4/c1-2-22-12-6-3-11(4-7-12)5-8-14(21)23-9-13(20)19-10-15(16,17)18/h3-8H,2,9-10H2,1H3,(H,19,20)/b8-5+. The molecule has 0 unspecified atom stereocenters. The van der Waals surface area contributed by atoms with Crippen molar-refractivity contribution in [1.29, 1.82) is 0 Å². The van der Waals surface area contributed by atoms with E-state index in [9.17, 15) is 22.8 Å². The van der Waals surface area contributed by atoms with Gasteiger partial charge in [0, 0.05) is 6.08 Å². The molecule has 1 N–H and O–H groups in total. The van der Waals surface area contributed by atoms with Crippen molar-refractivity contribution in [2.24, 2.45) is 0 Å². The summed E-state index contributed by atoms with van der Waals surface area (Å²) in [6, 6.07) is 6.87. The number of esters is 1. The van der Waals surface area contributed by atoms with E-state index >= 15 is 0 Å². The van der Waals surface area contributed by atoms with Gasteiger partial charge < -0.3 is 14.8 Å². The molecule has 5 nitrogen and oxygen atoms in total. The Morgan fingerprint density at radius 1 is 1.22 bits per heavy atom. The summed E-state index contributed by atoms with van der Waals surface area (Å²) in [4.78, 5) is 22.4. The SMILES string of the molecule is CCOc1ccc(/C=C/C(=O)OCC(=O)NCC(F)(F)F)cc1. The number of hydrogen-bond acceptors (Lipinski definition) is 4. The number of nitrogens with one attached hydrogen (secondary N) is 1. The number of ether oxygens (including phenoxy) is 2. The molecule has 0 saturated heterocycles. The second-order valence-electron chi connectivity index (χ2n) is 4.33. The van der Waals surface area contributed by atoms with Gasteiger partial charge in [0.25, 0.3) is 5.91 Å². The Morgan fingerprint density at radius 2 is 1.87 bits per heavy atom. The fraction of sp³-hybridized carbons (Fsp3) is 0.333. The highest BCUT2D eigenvalue weighted by molar-refractivity contribution is 5.89. The Morgan fingerprint density at radius 3 is 2.43 bits per heavy atom. The zero-order valence-corrected chi connectivity index (χ0v) is 12.4.